The quantitative estimate of drug-likeness (QED) is 0.671. The summed E-state index contributed by atoms with van der Waals surface area (Å²) in [5, 5.41) is 12.2. The van der Waals surface area contributed by atoms with Crippen LogP contribution >= 0.6 is 0 Å². The summed E-state index contributed by atoms with van der Waals surface area (Å²) in [5.74, 6) is -0.367. The van der Waals surface area contributed by atoms with Gasteiger partial charge in [-0.2, -0.15) is 0 Å². The molecule has 2 unspecified atom stereocenters. The van der Waals surface area contributed by atoms with Gasteiger partial charge in [0.1, 0.15) is 6.04 Å². The lowest BCUT2D eigenvalue weighted by Gasteiger charge is -2.39. The molecule has 2 aliphatic rings. The van der Waals surface area contributed by atoms with Gasteiger partial charge < -0.3 is 10.2 Å². The summed E-state index contributed by atoms with van der Waals surface area (Å²) in [7, 11) is 0. The van der Waals surface area contributed by atoms with Gasteiger partial charge in [0, 0.05) is 43.3 Å². The van der Waals surface area contributed by atoms with E-state index in [1.54, 1.807) is 10.9 Å². The van der Waals surface area contributed by atoms with E-state index in [1.165, 1.54) is 0 Å². The van der Waals surface area contributed by atoms with Crippen molar-refractivity contribution in [2.75, 3.05) is 19.6 Å². The number of hydrogen-bond acceptors (Lipinski definition) is 6. The highest BCUT2D eigenvalue weighted by Crippen LogP contribution is 2.25. The van der Waals surface area contributed by atoms with Crippen molar-refractivity contribution < 1.29 is 9.59 Å². The van der Waals surface area contributed by atoms with E-state index >= 15 is 0 Å². The van der Waals surface area contributed by atoms with Crippen molar-refractivity contribution in [1.82, 2.24) is 35.1 Å². The number of pyridine rings is 1. The van der Waals surface area contributed by atoms with E-state index in [1.807, 2.05) is 42.2 Å². The summed E-state index contributed by atoms with van der Waals surface area (Å²) < 4.78 is 1.64. The lowest BCUT2D eigenvalue weighted by atomic mass is 10.1. The number of rotatable bonds is 4. The van der Waals surface area contributed by atoms with Gasteiger partial charge in [-0.1, -0.05) is 11.3 Å². The molecule has 9 heteroatoms. The second-order valence-electron chi connectivity index (χ2n) is 8.85. The van der Waals surface area contributed by atoms with Crippen molar-refractivity contribution in [2.24, 2.45) is 0 Å². The maximum absolute atomic E-state index is 13.0. The van der Waals surface area contributed by atoms with E-state index in [0.717, 1.165) is 29.7 Å². The number of aromatic nitrogens is 4. The molecule has 0 bridgehead atoms. The first-order valence-corrected chi connectivity index (χ1v) is 11.0. The molecule has 5 rings (SSSR count). The summed E-state index contributed by atoms with van der Waals surface area (Å²) in [5.41, 5.74) is 2.55. The first kappa shape index (κ1) is 20.6. The Hall–Kier alpha value is -3.33. The van der Waals surface area contributed by atoms with E-state index in [0.29, 0.717) is 24.7 Å². The molecule has 1 aromatic carbocycles. The minimum atomic E-state index is -0.518. The van der Waals surface area contributed by atoms with Gasteiger partial charge in [-0.05, 0) is 51.5 Å². The number of carbonyl (C=O) groups is 2. The van der Waals surface area contributed by atoms with Crippen LogP contribution in [0.25, 0.3) is 16.6 Å². The summed E-state index contributed by atoms with van der Waals surface area (Å²) in [4.78, 5) is 34.5. The highest BCUT2D eigenvalue weighted by Gasteiger charge is 2.43. The Kier molecular flexibility index (Phi) is 5.13. The number of nitrogens with zero attached hydrogens (tertiary/aromatic N) is 6. The third-order valence-corrected chi connectivity index (χ3v) is 6.58. The molecule has 0 saturated carbocycles. The summed E-state index contributed by atoms with van der Waals surface area (Å²) in [6, 6.07) is 9.72. The van der Waals surface area contributed by atoms with Crippen LogP contribution in [-0.4, -0.2) is 79.4 Å². The number of fused-ring (bicyclic) bond motifs is 2. The lowest BCUT2D eigenvalue weighted by molar-refractivity contribution is -0.132. The largest absolute Gasteiger partial charge is 0.339 e. The maximum Gasteiger partial charge on any atom is 0.274 e. The van der Waals surface area contributed by atoms with Crippen LogP contribution in [-0.2, 0) is 4.79 Å². The Balaban J connectivity index is 1.32. The predicted octanol–water partition coefficient (Wildman–Crippen LogP) is 1.55. The summed E-state index contributed by atoms with van der Waals surface area (Å²) in [6.45, 7) is 8.58. The maximum atomic E-state index is 13.0. The van der Waals surface area contributed by atoms with Gasteiger partial charge in [-0.15, -0.1) is 5.10 Å². The van der Waals surface area contributed by atoms with Crippen LogP contribution in [0.3, 0.4) is 0 Å². The molecule has 2 atom stereocenters. The van der Waals surface area contributed by atoms with Gasteiger partial charge in [-0.25, -0.2) is 4.68 Å². The number of piperazine rings is 1. The van der Waals surface area contributed by atoms with E-state index in [2.05, 4.69) is 39.4 Å². The SMILES string of the molecule is Cc1c(C(=O)NC2CC3CN(C(C)C)CCN3C2=O)nnn1-c1ccc2ncccc2c1. The first-order chi connectivity index (χ1) is 15.4. The molecule has 2 amide bonds. The molecule has 4 heterocycles. The van der Waals surface area contributed by atoms with Crippen LogP contribution in [0, 0.1) is 6.92 Å². The molecular formula is C23H27N7O2. The second kappa shape index (κ2) is 7.98. The highest BCUT2D eigenvalue weighted by molar-refractivity contribution is 5.97. The Morgan fingerprint density at radius 2 is 2.06 bits per heavy atom. The molecule has 1 N–H and O–H groups in total. The number of carbonyl (C=O) groups excluding carboxylic acids is 2. The van der Waals surface area contributed by atoms with Gasteiger partial charge in [0.25, 0.3) is 5.91 Å². The van der Waals surface area contributed by atoms with Crippen LogP contribution in [0.1, 0.15) is 36.5 Å². The predicted molar refractivity (Wildman–Crippen MR) is 119 cm³/mol. The van der Waals surface area contributed by atoms with Crippen LogP contribution in [0.15, 0.2) is 36.5 Å². The van der Waals surface area contributed by atoms with Crippen LogP contribution in [0.5, 0.6) is 0 Å². The molecule has 9 nitrogen and oxygen atoms in total. The minimum absolute atomic E-state index is 0.00108. The van der Waals surface area contributed by atoms with E-state index in [-0.39, 0.29) is 23.6 Å². The Labute approximate surface area is 186 Å². The number of hydrogen-bond donors (Lipinski definition) is 1. The smallest absolute Gasteiger partial charge is 0.274 e. The zero-order valence-corrected chi connectivity index (χ0v) is 18.5. The average molecular weight is 434 g/mol. The van der Waals surface area contributed by atoms with Gasteiger partial charge in [0.2, 0.25) is 5.91 Å². The lowest BCUT2D eigenvalue weighted by Crippen LogP contribution is -2.53. The monoisotopic (exact) mass is 433 g/mol. The topological polar surface area (TPSA) is 96.3 Å². The number of benzene rings is 1. The first-order valence-electron chi connectivity index (χ1n) is 11.0. The van der Waals surface area contributed by atoms with Crippen molar-refractivity contribution in [3.8, 4) is 5.69 Å². The zero-order chi connectivity index (χ0) is 22.4. The van der Waals surface area contributed by atoms with E-state index in [9.17, 15) is 9.59 Å². The van der Waals surface area contributed by atoms with Crippen LogP contribution in [0.4, 0.5) is 0 Å². The van der Waals surface area contributed by atoms with Gasteiger partial charge in [0.05, 0.1) is 16.9 Å². The zero-order valence-electron chi connectivity index (χ0n) is 18.5. The third kappa shape index (κ3) is 3.52. The molecule has 0 aliphatic carbocycles. The molecule has 32 heavy (non-hydrogen) atoms. The molecule has 2 aliphatic heterocycles. The van der Waals surface area contributed by atoms with Crippen LogP contribution < -0.4 is 5.32 Å². The van der Waals surface area contributed by atoms with E-state index in [4.69, 9.17) is 0 Å². The van der Waals surface area contributed by atoms with Crippen molar-refractivity contribution in [1.29, 1.82) is 0 Å². The Bertz CT molecular complexity index is 1190. The van der Waals surface area contributed by atoms with Gasteiger partial charge in [0.15, 0.2) is 5.69 Å². The molecule has 2 saturated heterocycles. The minimum Gasteiger partial charge on any atom is -0.339 e. The number of amides is 2. The highest BCUT2D eigenvalue weighted by atomic mass is 16.2. The third-order valence-electron chi connectivity index (χ3n) is 6.58. The fourth-order valence-corrected chi connectivity index (χ4v) is 4.74. The van der Waals surface area contributed by atoms with Gasteiger partial charge in [-0.3, -0.25) is 19.5 Å². The Morgan fingerprint density at radius 1 is 1.22 bits per heavy atom. The molecule has 0 radical (unpaired) electrons. The van der Waals surface area contributed by atoms with Crippen molar-refractivity contribution >= 4 is 22.7 Å². The van der Waals surface area contributed by atoms with Crippen LogP contribution in [0.2, 0.25) is 0 Å². The molecular weight excluding hydrogens is 406 g/mol. The molecule has 2 aromatic heterocycles. The average Bonchev–Trinajstić information content (AvgIpc) is 3.32. The fourth-order valence-electron chi connectivity index (χ4n) is 4.74. The fraction of sp³-hybridized carbons (Fsp3) is 0.435. The molecule has 166 valence electrons. The Morgan fingerprint density at radius 3 is 2.88 bits per heavy atom. The normalized spacial score (nSPS) is 21.4. The molecule has 2 fully saturated rings. The van der Waals surface area contributed by atoms with Crippen molar-refractivity contribution in [3.63, 3.8) is 0 Å². The van der Waals surface area contributed by atoms with Gasteiger partial charge >= 0.3 is 0 Å². The van der Waals surface area contributed by atoms with E-state index < -0.39 is 6.04 Å². The van der Waals surface area contributed by atoms with Crippen molar-refractivity contribution in [2.45, 2.75) is 45.3 Å². The van der Waals surface area contributed by atoms with Crippen molar-refractivity contribution in [3.05, 3.63) is 47.9 Å². The second-order valence-corrected chi connectivity index (χ2v) is 8.85. The number of nitrogens with one attached hydrogen (secondary N) is 1. The summed E-state index contributed by atoms with van der Waals surface area (Å²) in [6.07, 6.45) is 2.38. The standard InChI is InChI=1S/C23H27N7O2/c1-14(2)28-9-10-29-18(13-28)12-20(23(29)32)25-22(31)21-15(3)30(27-26-21)17-6-7-19-16(11-17)5-4-8-24-19/h4-8,11,14,18,20H,9-10,12-13H2,1-3H3,(H,25,31). The summed E-state index contributed by atoms with van der Waals surface area (Å²) >= 11 is 0. The molecule has 0 spiro atoms. The molecule has 3 aromatic rings.